The molecule has 1 atom stereocenters. The van der Waals surface area contributed by atoms with Gasteiger partial charge in [0.25, 0.3) is 0 Å². The molecular formula is C22H26N2O2. The second-order valence-electron chi connectivity index (χ2n) is 6.95. The molecule has 26 heavy (non-hydrogen) atoms. The lowest BCUT2D eigenvalue weighted by Crippen LogP contribution is -2.28. The van der Waals surface area contributed by atoms with Crippen LogP contribution in [-0.4, -0.2) is 23.3 Å². The van der Waals surface area contributed by atoms with Crippen molar-refractivity contribution in [2.75, 3.05) is 11.9 Å². The summed E-state index contributed by atoms with van der Waals surface area (Å²) in [6, 6.07) is 17.9. The number of likely N-dealkylation sites (tertiary alicyclic amines) is 1. The van der Waals surface area contributed by atoms with Gasteiger partial charge in [0.1, 0.15) is 0 Å². The second-order valence-corrected chi connectivity index (χ2v) is 6.95. The van der Waals surface area contributed by atoms with Gasteiger partial charge >= 0.3 is 0 Å². The van der Waals surface area contributed by atoms with Gasteiger partial charge in [-0.15, -0.1) is 0 Å². The van der Waals surface area contributed by atoms with Crippen LogP contribution >= 0.6 is 0 Å². The van der Waals surface area contributed by atoms with E-state index in [1.165, 1.54) is 18.4 Å². The molecule has 2 amide bonds. The molecule has 1 aliphatic rings. The van der Waals surface area contributed by atoms with Crippen molar-refractivity contribution >= 4 is 17.5 Å². The van der Waals surface area contributed by atoms with Crippen LogP contribution in [0.5, 0.6) is 0 Å². The zero-order chi connectivity index (χ0) is 18.4. The van der Waals surface area contributed by atoms with Crippen molar-refractivity contribution < 1.29 is 9.59 Å². The Balaban J connectivity index is 1.54. The Kier molecular flexibility index (Phi) is 6.05. The maximum absolute atomic E-state index is 12.5. The molecule has 0 saturated carbocycles. The molecule has 136 valence electrons. The summed E-state index contributed by atoms with van der Waals surface area (Å²) in [7, 11) is 0. The Bertz CT molecular complexity index is 740. The Morgan fingerprint density at radius 3 is 2.50 bits per heavy atom. The first-order valence-corrected chi connectivity index (χ1v) is 9.37. The van der Waals surface area contributed by atoms with E-state index in [1.54, 1.807) is 4.90 Å². The fourth-order valence-corrected chi connectivity index (χ4v) is 3.28. The van der Waals surface area contributed by atoms with Crippen LogP contribution in [0.25, 0.3) is 0 Å². The number of benzene rings is 2. The molecule has 0 spiro atoms. The molecule has 1 heterocycles. The predicted octanol–water partition coefficient (Wildman–Crippen LogP) is 4.02. The number of carbonyl (C=O) groups excluding carboxylic acids is 2. The molecule has 0 bridgehead atoms. The van der Waals surface area contributed by atoms with Crippen LogP contribution in [0.2, 0.25) is 0 Å². The maximum atomic E-state index is 12.5. The Morgan fingerprint density at radius 1 is 1.08 bits per heavy atom. The zero-order valence-corrected chi connectivity index (χ0v) is 15.3. The number of nitrogens with one attached hydrogen (secondary N) is 1. The van der Waals surface area contributed by atoms with E-state index in [1.807, 2.05) is 42.5 Å². The highest BCUT2D eigenvalue weighted by Gasteiger charge is 2.34. The van der Waals surface area contributed by atoms with Crippen LogP contribution in [-0.2, 0) is 22.6 Å². The number of hydrogen-bond donors (Lipinski definition) is 1. The molecular weight excluding hydrogens is 324 g/mol. The van der Waals surface area contributed by atoms with E-state index in [9.17, 15) is 9.59 Å². The molecule has 0 aromatic heterocycles. The molecule has 1 saturated heterocycles. The van der Waals surface area contributed by atoms with Gasteiger partial charge in [-0.2, -0.15) is 0 Å². The Hall–Kier alpha value is -2.62. The van der Waals surface area contributed by atoms with Gasteiger partial charge in [-0.05, 0) is 36.1 Å². The molecule has 4 heteroatoms. The van der Waals surface area contributed by atoms with Crippen LogP contribution < -0.4 is 5.32 Å². The van der Waals surface area contributed by atoms with E-state index < -0.39 is 0 Å². The van der Waals surface area contributed by atoms with Crippen molar-refractivity contribution in [1.82, 2.24) is 4.90 Å². The topological polar surface area (TPSA) is 49.4 Å². The summed E-state index contributed by atoms with van der Waals surface area (Å²) in [5, 5.41) is 2.95. The standard InChI is InChI=1S/C22H26N2O2/c1-2-3-7-17-10-12-20(13-11-17)23-22(26)19-14-21(25)24(16-19)15-18-8-5-4-6-9-18/h4-6,8-13,19H,2-3,7,14-16H2,1H3,(H,23,26)/t19-/m1/s1. The van der Waals surface area contributed by atoms with Gasteiger partial charge in [-0.3, -0.25) is 9.59 Å². The number of aryl methyl sites for hydroxylation is 1. The van der Waals surface area contributed by atoms with Crippen molar-refractivity contribution in [3.05, 3.63) is 65.7 Å². The van der Waals surface area contributed by atoms with Gasteiger partial charge in [-0.25, -0.2) is 0 Å². The van der Waals surface area contributed by atoms with Crippen LogP contribution in [0.3, 0.4) is 0 Å². The lowest BCUT2D eigenvalue weighted by atomic mass is 10.1. The zero-order valence-electron chi connectivity index (χ0n) is 15.3. The number of amides is 2. The molecule has 2 aromatic carbocycles. The molecule has 4 nitrogen and oxygen atoms in total. The summed E-state index contributed by atoms with van der Waals surface area (Å²) in [4.78, 5) is 26.5. The van der Waals surface area contributed by atoms with Crippen LogP contribution in [0.1, 0.15) is 37.3 Å². The van der Waals surface area contributed by atoms with Crippen LogP contribution in [0.15, 0.2) is 54.6 Å². The SMILES string of the molecule is CCCCc1ccc(NC(=O)[C@@H]2CC(=O)N(Cc3ccccc3)C2)cc1. The third-order valence-electron chi connectivity index (χ3n) is 4.84. The number of anilines is 1. The number of carbonyl (C=O) groups is 2. The lowest BCUT2D eigenvalue weighted by molar-refractivity contribution is -0.128. The summed E-state index contributed by atoms with van der Waals surface area (Å²) >= 11 is 0. The van der Waals surface area contributed by atoms with Gasteiger partial charge in [0.05, 0.1) is 5.92 Å². The van der Waals surface area contributed by atoms with Crippen molar-refractivity contribution in [1.29, 1.82) is 0 Å². The fourth-order valence-electron chi connectivity index (χ4n) is 3.28. The molecule has 0 unspecified atom stereocenters. The van der Waals surface area contributed by atoms with Crippen molar-refractivity contribution in [3.8, 4) is 0 Å². The Morgan fingerprint density at radius 2 is 1.81 bits per heavy atom. The minimum atomic E-state index is -0.286. The summed E-state index contributed by atoms with van der Waals surface area (Å²) in [6.07, 6.45) is 3.70. The molecule has 0 aliphatic carbocycles. The Labute approximate surface area is 155 Å². The molecule has 3 rings (SSSR count). The third-order valence-corrected chi connectivity index (χ3v) is 4.84. The van der Waals surface area contributed by atoms with E-state index in [2.05, 4.69) is 24.4 Å². The van der Waals surface area contributed by atoms with Crippen LogP contribution in [0, 0.1) is 5.92 Å². The minimum absolute atomic E-state index is 0.0453. The van der Waals surface area contributed by atoms with E-state index in [4.69, 9.17) is 0 Å². The third kappa shape index (κ3) is 4.72. The normalized spacial score (nSPS) is 16.7. The summed E-state index contributed by atoms with van der Waals surface area (Å²) in [6.45, 7) is 3.22. The van der Waals surface area contributed by atoms with Crippen molar-refractivity contribution in [3.63, 3.8) is 0 Å². The first-order valence-electron chi connectivity index (χ1n) is 9.37. The quantitative estimate of drug-likeness (QED) is 0.820. The van der Waals surface area contributed by atoms with Gasteiger partial charge < -0.3 is 10.2 Å². The van der Waals surface area contributed by atoms with E-state index >= 15 is 0 Å². The van der Waals surface area contributed by atoms with Gasteiger partial charge in [-0.1, -0.05) is 55.8 Å². The number of unbranched alkanes of at least 4 members (excludes halogenated alkanes) is 1. The highest BCUT2D eigenvalue weighted by Crippen LogP contribution is 2.22. The maximum Gasteiger partial charge on any atom is 0.229 e. The molecule has 1 aliphatic heterocycles. The predicted molar refractivity (Wildman–Crippen MR) is 104 cm³/mol. The summed E-state index contributed by atoms with van der Waals surface area (Å²) < 4.78 is 0. The molecule has 1 N–H and O–H groups in total. The highest BCUT2D eigenvalue weighted by atomic mass is 16.2. The van der Waals surface area contributed by atoms with Crippen LogP contribution in [0.4, 0.5) is 5.69 Å². The summed E-state index contributed by atoms with van der Waals surface area (Å²) in [5.41, 5.74) is 3.17. The van der Waals surface area contributed by atoms with Gasteiger partial charge in [0, 0.05) is 25.2 Å². The highest BCUT2D eigenvalue weighted by molar-refractivity contribution is 5.97. The first-order chi connectivity index (χ1) is 12.7. The average Bonchev–Trinajstić information content (AvgIpc) is 3.03. The molecule has 0 radical (unpaired) electrons. The van der Waals surface area contributed by atoms with E-state index in [0.717, 1.165) is 17.7 Å². The second kappa shape index (κ2) is 8.65. The van der Waals surface area contributed by atoms with E-state index in [0.29, 0.717) is 13.1 Å². The van der Waals surface area contributed by atoms with Crippen molar-refractivity contribution in [2.24, 2.45) is 5.92 Å². The number of rotatable bonds is 7. The summed E-state index contributed by atoms with van der Waals surface area (Å²) in [5.74, 6) is -0.315. The monoisotopic (exact) mass is 350 g/mol. The largest absolute Gasteiger partial charge is 0.338 e. The number of nitrogens with zero attached hydrogens (tertiary/aromatic N) is 1. The average molecular weight is 350 g/mol. The lowest BCUT2D eigenvalue weighted by Gasteiger charge is -2.16. The smallest absolute Gasteiger partial charge is 0.229 e. The van der Waals surface area contributed by atoms with Crippen molar-refractivity contribution in [2.45, 2.75) is 39.2 Å². The number of hydrogen-bond acceptors (Lipinski definition) is 2. The molecule has 1 fully saturated rings. The van der Waals surface area contributed by atoms with Gasteiger partial charge in [0.2, 0.25) is 11.8 Å². The fraction of sp³-hybridized carbons (Fsp3) is 0.364. The minimum Gasteiger partial charge on any atom is -0.338 e. The molecule has 2 aromatic rings. The van der Waals surface area contributed by atoms with E-state index in [-0.39, 0.29) is 24.2 Å². The first kappa shape index (κ1) is 18.2. The van der Waals surface area contributed by atoms with Gasteiger partial charge in [0.15, 0.2) is 0 Å².